The molecule has 0 radical (unpaired) electrons. The molecule has 0 fully saturated rings. The highest BCUT2D eigenvalue weighted by Gasteiger charge is 2.29. The normalized spacial score (nSPS) is 11.2. The minimum absolute atomic E-state index is 0.0874. The molecule has 9 heteroatoms. The summed E-state index contributed by atoms with van der Waals surface area (Å²) in [5.41, 5.74) is 1.63. The number of alkyl halides is 3. The first-order valence-electron chi connectivity index (χ1n) is 8.26. The third kappa shape index (κ3) is 8.09. The number of ether oxygens (including phenoxy) is 1. The van der Waals surface area contributed by atoms with Gasteiger partial charge in [0, 0.05) is 36.9 Å². The van der Waals surface area contributed by atoms with Gasteiger partial charge in [0.15, 0.2) is 6.61 Å². The fraction of sp³-hybridized carbons (Fsp3) is 0.529. The average molecular weight is 375 g/mol. The lowest BCUT2D eigenvalue weighted by Crippen LogP contribution is -2.31. The molecule has 26 heavy (non-hydrogen) atoms. The summed E-state index contributed by atoms with van der Waals surface area (Å²) in [5.74, 6) is -0.370. The molecule has 0 spiro atoms. The summed E-state index contributed by atoms with van der Waals surface area (Å²) >= 11 is 0. The molecule has 0 aliphatic carbocycles. The number of benzene rings is 1. The smallest absolute Gasteiger partial charge is 0.422 e. The van der Waals surface area contributed by atoms with Crippen LogP contribution < -0.4 is 15.5 Å². The predicted molar refractivity (Wildman–Crippen MR) is 93.3 cm³/mol. The van der Waals surface area contributed by atoms with E-state index in [2.05, 4.69) is 41.0 Å². The molecule has 1 aromatic rings. The molecule has 0 saturated heterocycles. The van der Waals surface area contributed by atoms with E-state index in [0.29, 0.717) is 11.7 Å². The summed E-state index contributed by atoms with van der Waals surface area (Å²) < 4.78 is 39.6. The standard InChI is InChI=1S/C17H24F3N3O3/c1-4-23(12(2)3)14-7-5-13(6-8-14)22-15(24)9-10-21-16(25)26-11-17(18,19)20/h5-8,12H,4,9-11H2,1-3H3,(H,21,25)(H,22,24). The molecule has 1 aromatic carbocycles. The Bertz CT molecular complexity index is 589. The Morgan fingerprint density at radius 3 is 2.31 bits per heavy atom. The largest absolute Gasteiger partial charge is 0.440 e. The number of anilines is 2. The third-order valence-corrected chi connectivity index (χ3v) is 3.44. The number of hydrogen-bond donors (Lipinski definition) is 2. The van der Waals surface area contributed by atoms with Gasteiger partial charge in [0.2, 0.25) is 5.91 Å². The minimum Gasteiger partial charge on any atom is -0.440 e. The van der Waals surface area contributed by atoms with Crippen molar-refractivity contribution in [3.05, 3.63) is 24.3 Å². The van der Waals surface area contributed by atoms with E-state index >= 15 is 0 Å². The van der Waals surface area contributed by atoms with Crippen LogP contribution in [0.3, 0.4) is 0 Å². The maximum absolute atomic E-state index is 11.9. The quantitative estimate of drug-likeness (QED) is 0.729. The highest BCUT2D eigenvalue weighted by Crippen LogP contribution is 2.20. The predicted octanol–water partition coefficient (Wildman–Crippen LogP) is 3.54. The van der Waals surface area contributed by atoms with Gasteiger partial charge in [-0.2, -0.15) is 13.2 Å². The number of alkyl carbamates (subject to hydrolysis) is 1. The van der Waals surface area contributed by atoms with Gasteiger partial charge >= 0.3 is 12.3 Å². The van der Waals surface area contributed by atoms with Gasteiger partial charge in [-0.25, -0.2) is 4.79 Å². The number of nitrogens with zero attached hydrogens (tertiary/aromatic N) is 1. The van der Waals surface area contributed by atoms with Gasteiger partial charge in [0.05, 0.1) is 0 Å². The average Bonchev–Trinajstić information content (AvgIpc) is 2.54. The summed E-state index contributed by atoms with van der Waals surface area (Å²) in [7, 11) is 0. The minimum atomic E-state index is -4.58. The van der Waals surface area contributed by atoms with Crippen molar-refractivity contribution in [2.24, 2.45) is 0 Å². The SMILES string of the molecule is CCN(c1ccc(NC(=O)CCNC(=O)OCC(F)(F)F)cc1)C(C)C. The Morgan fingerprint density at radius 1 is 1.19 bits per heavy atom. The lowest BCUT2D eigenvalue weighted by atomic mass is 10.2. The van der Waals surface area contributed by atoms with Crippen LogP contribution in [0.15, 0.2) is 24.3 Å². The van der Waals surface area contributed by atoms with Gasteiger partial charge < -0.3 is 20.3 Å². The van der Waals surface area contributed by atoms with Crippen molar-refractivity contribution in [3.63, 3.8) is 0 Å². The number of carbonyl (C=O) groups is 2. The fourth-order valence-electron chi connectivity index (χ4n) is 2.28. The molecule has 146 valence electrons. The van der Waals surface area contributed by atoms with E-state index in [4.69, 9.17) is 0 Å². The van der Waals surface area contributed by atoms with E-state index in [0.717, 1.165) is 12.2 Å². The second-order valence-corrected chi connectivity index (χ2v) is 5.84. The van der Waals surface area contributed by atoms with Crippen LogP contribution in [0.1, 0.15) is 27.2 Å². The second-order valence-electron chi connectivity index (χ2n) is 5.84. The van der Waals surface area contributed by atoms with Crippen LogP contribution in [0.4, 0.5) is 29.3 Å². The maximum Gasteiger partial charge on any atom is 0.422 e. The monoisotopic (exact) mass is 375 g/mol. The van der Waals surface area contributed by atoms with E-state index in [1.54, 1.807) is 12.1 Å². The zero-order chi connectivity index (χ0) is 19.7. The fourth-order valence-corrected chi connectivity index (χ4v) is 2.28. The number of amides is 2. The van der Waals surface area contributed by atoms with Crippen molar-refractivity contribution in [2.75, 3.05) is 29.9 Å². The Labute approximate surface area is 150 Å². The molecular formula is C17H24F3N3O3. The van der Waals surface area contributed by atoms with Crippen molar-refractivity contribution in [2.45, 2.75) is 39.4 Å². The van der Waals surface area contributed by atoms with Crippen LogP contribution in [-0.4, -0.2) is 43.9 Å². The van der Waals surface area contributed by atoms with Crippen LogP contribution in [0, 0.1) is 0 Å². The molecule has 0 unspecified atom stereocenters. The first-order chi connectivity index (χ1) is 12.1. The maximum atomic E-state index is 11.9. The molecule has 0 aromatic heterocycles. The highest BCUT2D eigenvalue weighted by molar-refractivity contribution is 5.91. The Morgan fingerprint density at radius 2 is 1.81 bits per heavy atom. The molecule has 0 atom stereocenters. The van der Waals surface area contributed by atoms with Crippen molar-refractivity contribution in [3.8, 4) is 0 Å². The van der Waals surface area contributed by atoms with E-state index < -0.39 is 18.9 Å². The second kappa shape index (κ2) is 9.88. The first-order valence-corrected chi connectivity index (χ1v) is 8.26. The summed E-state index contributed by atoms with van der Waals surface area (Å²) in [6, 6.07) is 7.67. The van der Waals surface area contributed by atoms with Gasteiger partial charge in [-0.1, -0.05) is 0 Å². The van der Waals surface area contributed by atoms with Gasteiger partial charge in [0.1, 0.15) is 0 Å². The number of hydrogen-bond acceptors (Lipinski definition) is 4. The number of halogens is 3. The molecule has 0 heterocycles. The van der Waals surface area contributed by atoms with Crippen molar-refractivity contribution in [1.82, 2.24) is 5.32 Å². The molecule has 2 N–H and O–H groups in total. The summed E-state index contributed by atoms with van der Waals surface area (Å²) in [5, 5.41) is 4.74. The molecule has 0 saturated carbocycles. The number of carbonyl (C=O) groups excluding carboxylic acids is 2. The van der Waals surface area contributed by atoms with Gasteiger partial charge in [-0.15, -0.1) is 0 Å². The molecule has 2 amide bonds. The van der Waals surface area contributed by atoms with Crippen molar-refractivity contribution < 1.29 is 27.5 Å². The zero-order valence-electron chi connectivity index (χ0n) is 15.0. The third-order valence-electron chi connectivity index (χ3n) is 3.44. The van der Waals surface area contributed by atoms with Gasteiger partial charge in [-0.05, 0) is 45.0 Å². The van der Waals surface area contributed by atoms with Crippen LogP contribution in [0.25, 0.3) is 0 Å². The van der Waals surface area contributed by atoms with E-state index in [1.807, 2.05) is 12.1 Å². The first kappa shape index (κ1) is 21.6. The lowest BCUT2D eigenvalue weighted by molar-refractivity contribution is -0.160. The molecular weight excluding hydrogens is 351 g/mol. The molecule has 6 nitrogen and oxygen atoms in total. The molecule has 1 rings (SSSR count). The summed E-state index contributed by atoms with van der Waals surface area (Å²) in [6.45, 7) is 5.31. The van der Waals surface area contributed by atoms with E-state index in [9.17, 15) is 22.8 Å². The highest BCUT2D eigenvalue weighted by atomic mass is 19.4. The lowest BCUT2D eigenvalue weighted by Gasteiger charge is -2.27. The molecule has 0 aliphatic heterocycles. The molecule has 0 aliphatic rings. The topological polar surface area (TPSA) is 70.7 Å². The number of rotatable bonds is 8. The van der Waals surface area contributed by atoms with Crippen LogP contribution in [0.5, 0.6) is 0 Å². The number of nitrogens with one attached hydrogen (secondary N) is 2. The molecule has 0 bridgehead atoms. The van der Waals surface area contributed by atoms with Crippen LogP contribution in [-0.2, 0) is 9.53 Å². The zero-order valence-corrected chi connectivity index (χ0v) is 15.0. The van der Waals surface area contributed by atoms with Crippen LogP contribution in [0.2, 0.25) is 0 Å². The Balaban J connectivity index is 2.38. The van der Waals surface area contributed by atoms with Crippen molar-refractivity contribution >= 4 is 23.4 Å². The van der Waals surface area contributed by atoms with E-state index in [-0.39, 0.29) is 18.9 Å². The Hall–Kier alpha value is -2.45. The Kier molecular flexibility index (Phi) is 8.21. The van der Waals surface area contributed by atoms with E-state index in [1.165, 1.54) is 0 Å². The van der Waals surface area contributed by atoms with Gasteiger partial charge in [-0.3, -0.25) is 4.79 Å². The summed E-state index contributed by atoms with van der Waals surface area (Å²) in [4.78, 5) is 25.0. The van der Waals surface area contributed by atoms with Crippen LogP contribution >= 0.6 is 0 Å². The summed E-state index contributed by atoms with van der Waals surface area (Å²) in [6.07, 6.45) is -5.88. The van der Waals surface area contributed by atoms with Gasteiger partial charge in [0.25, 0.3) is 0 Å². The van der Waals surface area contributed by atoms with Crippen molar-refractivity contribution in [1.29, 1.82) is 0 Å².